The number of carbonyl (C=O) groups is 1. The van der Waals surface area contributed by atoms with Crippen LogP contribution < -0.4 is 10.6 Å². The Morgan fingerprint density at radius 3 is 2.62 bits per heavy atom. The van der Waals surface area contributed by atoms with Gasteiger partial charge in [-0.2, -0.15) is 0 Å². The van der Waals surface area contributed by atoms with Crippen LogP contribution in [-0.4, -0.2) is 27.5 Å². The monoisotopic (exact) mass is 404 g/mol. The summed E-state index contributed by atoms with van der Waals surface area (Å²) in [6.07, 6.45) is 1.78. The van der Waals surface area contributed by atoms with Gasteiger partial charge in [0.25, 0.3) is 0 Å². The molecular formula is C22H20N4O2S. The van der Waals surface area contributed by atoms with Crippen molar-refractivity contribution in [1.29, 1.82) is 0 Å². The van der Waals surface area contributed by atoms with Crippen LogP contribution in [0.5, 0.6) is 5.75 Å². The Bertz CT molecular complexity index is 1160. The lowest BCUT2D eigenvalue weighted by molar-refractivity contribution is -0.116. The van der Waals surface area contributed by atoms with E-state index in [9.17, 15) is 9.90 Å². The van der Waals surface area contributed by atoms with E-state index in [0.717, 1.165) is 21.3 Å². The minimum atomic E-state index is -0.186. The quantitative estimate of drug-likeness (QED) is 0.401. The van der Waals surface area contributed by atoms with Crippen LogP contribution in [0.3, 0.4) is 0 Å². The number of carbonyl (C=O) groups excluding carboxylic acids is 1. The molecule has 0 saturated heterocycles. The zero-order valence-corrected chi connectivity index (χ0v) is 16.7. The number of benzene rings is 2. The Morgan fingerprint density at radius 2 is 1.83 bits per heavy atom. The van der Waals surface area contributed by atoms with Gasteiger partial charge in [-0.05, 0) is 24.6 Å². The number of amides is 1. The largest absolute Gasteiger partial charge is 0.506 e. The standard InChI is InChI=1S/C22H20N4O2S/c1-14-19(15-7-3-2-4-8-15)20-21(24-13-25-22(20)29-14)23-12-11-18(28)26-16-9-5-6-10-17(16)27/h2-10,13,27H,11-12H2,1H3,(H,26,28)(H,23,24,25). The molecule has 4 aromatic rings. The van der Waals surface area contributed by atoms with Crippen molar-refractivity contribution in [2.75, 3.05) is 17.2 Å². The lowest BCUT2D eigenvalue weighted by Gasteiger charge is -2.10. The number of hydrogen-bond donors (Lipinski definition) is 3. The second-order valence-corrected chi connectivity index (χ2v) is 7.75. The molecule has 2 aromatic carbocycles. The van der Waals surface area contributed by atoms with Gasteiger partial charge < -0.3 is 15.7 Å². The van der Waals surface area contributed by atoms with E-state index in [1.807, 2.05) is 18.2 Å². The Balaban J connectivity index is 1.51. The topological polar surface area (TPSA) is 87.1 Å². The van der Waals surface area contributed by atoms with Gasteiger partial charge in [-0.3, -0.25) is 4.79 Å². The van der Waals surface area contributed by atoms with E-state index in [1.54, 1.807) is 29.5 Å². The van der Waals surface area contributed by atoms with Crippen LogP contribution in [0.4, 0.5) is 11.5 Å². The van der Waals surface area contributed by atoms with Crippen LogP contribution in [-0.2, 0) is 4.79 Å². The third-order valence-electron chi connectivity index (χ3n) is 4.55. The fraction of sp³-hybridized carbons (Fsp3) is 0.136. The highest BCUT2D eigenvalue weighted by atomic mass is 32.1. The summed E-state index contributed by atoms with van der Waals surface area (Å²) in [6.45, 7) is 2.49. The number of hydrogen-bond acceptors (Lipinski definition) is 6. The summed E-state index contributed by atoms with van der Waals surface area (Å²) >= 11 is 1.63. The maximum Gasteiger partial charge on any atom is 0.226 e. The third-order valence-corrected chi connectivity index (χ3v) is 5.56. The van der Waals surface area contributed by atoms with E-state index in [0.29, 0.717) is 18.1 Å². The zero-order valence-electron chi connectivity index (χ0n) is 15.8. The minimum absolute atomic E-state index is 0.0487. The summed E-state index contributed by atoms with van der Waals surface area (Å²) in [4.78, 5) is 23.1. The second kappa shape index (κ2) is 8.28. The number of fused-ring (bicyclic) bond motifs is 1. The maximum atomic E-state index is 12.2. The normalized spacial score (nSPS) is 10.8. The van der Waals surface area contributed by atoms with Gasteiger partial charge in [0.2, 0.25) is 5.91 Å². The first-order valence-corrected chi connectivity index (χ1v) is 10.1. The molecule has 0 aliphatic heterocycles. The fourth-order valence-corrected chi connectivity index (χ4v) is 4.23. The van der Waals surface area contributed by atoms with Crippen molar-refractivity contribution in [3.05, 3.63) is 65.8 Å². The number of aromatic hydroxyl groups is 1. The number of aromatic nitrogens is 2. The van der Waals surface area contributed by atoms with E-state index in [2.05, 4.69) is 39.7 Å². The number of para-hydroxylation sites is 2. The smallest absolute Gasteiger partial charge is 0.226 e. The highest BCUT2D eigenvalue weighted by Gasteiger charge is 2.16. The van der Waals surface area contributed by atoms with E-state index < -0.39 is 0 Å². The van der Waals surface area contributed by atoms with Crippen molar-refractivity contribution in [3.63, 3.8) is 0 Å². The number of anilines is 2. The average molecular weight is 404 g/mol. The molecule has 2 aromatic heterocycles. The number of aryl methyl sites for hydroxylation is 1. The predicted octanol–water partition coefficient (Wildman–Crippen LogP) is 4.81. The first kappa shape index (κ1) is 18.9. The molecule has 3 N–H and O–H groups in total. The molecule has 2 heterocycles. The molecule has 4 rings (SSSR count). The van der Waals surface area contributed by atoms with Crippen LogP contribution in [0.2, 0.25) is 0 Å². The summed E-state index contributed by atoms with van der Waals surface area (Å²) in [5, 5.41) is 16.7. The number of nitrogens with zero attached hydrogens (tertiary/aromatic N) is 2. The molecular weight excluding hydrogens is 384 g/mol. The van der Waals surface area contributed by atoms with Crippen LogP contribution >= 0.6 is 11.3 Å². The first-order chi connectivity index (χ1) is 14.1. The van der Waals surface area contributed by atoms with E-state index >= 15 is 0 Å². The SMILES string of the molecule is Cc1sc2ncnc(NCCC(=O)Nc3ccccc3O)c2c1-c1ccccc1. The molecule has 0 unspecified atom stereocenters. The lowest BCUT2D eigenvalue weighted by atomic mass is 10.0. The summed E-state index contributed by atoms with van der Waals surface area (Å²) in [5.41, 5.74) is 2.64. The molecule has 6 nitrogen and oxygen atoms in total. The molecule has 1 amide bonds. The van der Waals surface area contributed by atoms with Gasteiger partial charge in [-0.25, -0.2) is 9.97 Å². The number of nitrogens with one attached hydrogen (secondary N) is 2. The van der Waals surface area contributed by atoms with Gasteiger partial charge in [0.15, 0.2) is 0 Å². The van der Waals surface area contributed by atoms with Gasteiger partial charge in [-0.15, -0.1) is 11.3 Å². The van der Waals surface area contributed by atoms with E-state index in [4.69, 9.17) is 0 Å². The van der Waals surface area contributed by atoms with Crippen molar-refractivity contribution in [1.82, 2.24) is 9.97 Å². The highest BCUT2D eigenvalue weighted by Crippen LogP contribution is 2.40. The molecule has 0 aliphatic carbocycles. The second-order valence-electron chi connectivity index (χ2n) is 6.54. The molecule has 0 bridgehead atoms. The van der Waals surface area contributed by atoms with Crippen molar-refractivity contribution in [3.8, 4) is 16.9 Å². The van der Waals surface area contributed by atoms with Gasteiger partial charge in [0.1, 0.15) is 22.7 Å². The lowest BCUT2D eigenvalue weighted by Crippen LogP contribution is -2.16. The van der Waals surface area contributed by atoms with Crippen LogP contribution in [0.1, 0.15) is 11.3 Å². The third kappa shape index (κ3) is 4.05. The number of rotatable bonds is 6. The Kier molecular flexibility index (Phi) is 5.39. The van der Waals surface area contributed by atoms with Crippen molar-refractivity contribution in [2.24, 2.45) is 0 Å². The molecule has 0 aliphatic rings. The van der Waals surface area contributed by atoms with Crippen molar-refractivity contribution >= 4 is 39.0 Å². The highest BCUT2D eigenvalue weighted by molar-refractivity contribution is 7.19. The number of thiophene rings is 1. The first-order valence-electron chi connectivity index (χ1n) is 9.24. The van der Waals surface area contributed by atoms with Crippen LogP contribution in [0, 0.1) is 6.92 Å². The zero-order chi connectivity index (χ0) is 20.2. The summed E-state index contributed by atoms with van der Waals surface area (Å²) in [7, 11) is 0. The molecule has 0 atom stereocenters. The van der Waals surface area contributed by atoms with E-state index in [-0.39, 0.29) is 18.1 Å². The summed E-state index contributed by atoms with van der Waals surface area (Å²) < 4.78 is 0. The Morgan fingerprint density at radius 1 is 1.07 bits per heavy atom. The number of phenolic OH excluding ortho intramolecular Hbond substituents is 1. The molecule has 0 fully saturated rings. The predicted molar refractivity (Wildman–Crippen MR) is 117 cm³/mol. The molecule has 29 heavy (non-hydrogen) atoms. The molecule has 0 saturated carbocycles. The number of phenols is 1. The van der Waals surface area contributed by atoms with Gasteiger partial charge in [-0.1, -0.05) is 42.5 Å². The van der Waals surface area contributed by atoms with Crippen molar-refractivity contribution in [2.45, 2.75) is 13.3 Å². The van der Waals surface area contributed by atoms with Crippen molar-refractivity contribution < 1.29 is 9.90 Å². The molecule has 146 valence electrons. The molecule has 0 spiro atoms. The maximum absolute atomic E-state index is 12.2. The van der Waals surface area contributed by atoms with Gasteiger partial charge in [0.05, 0.1) is 11.1 Å². The van der Waals surface area contributed by atoms with Crippen LogP contribution in [0.25, 0.3) is 21.3 Å². The van der Waals surface area contributed by atoms with Gasteiger partial charge in [0, 0.05) is 23.4 Å². The summed E-state index contributed by atoms with van der Waals surface area (Å²) in [6, 6.07) is 16.8. The Hall–Kier alpha value is -3.45. The Labute approximate surface area is 172 Å². The molecule has 7 heteroatoms. The fourth-order valence-electron chi connectivity index (χ4n) is 3.22. The van der Waals surface area contributed by atoms with Crippen LogP contribution in [0.15, 0.2) is 60.9 Å². The summed E-state index contributed by atoms with van der Waals surface area (Å²) in [5.74, 6) is 0.579. The average Bonchev–Trinajstić information content (AvgIpc) is 3.07. The van der Waals surface area contributed by atoms with Gasteiger partial charge >= 0.3 is 0 Å². The van der Waals surface area contributed by atoms with E-state index in [1.165, 1.54) is 17.3 Å². The minimum Gasteiger partial charge on any atom is -0.506 e. The molecule has 0 radical (unpaired) electrons.